The molecule has 2 aromatic rings. The summed E-state index contributed by atoms with van der Waals surface area (Å²) in [6.45, 7) is 2.02. The van der Waals surface area contributed by atoms with Crippen molar-refractivity contribution in [3.63, 3.8) is 0 Å². The molecule has 0 bridgehead atoms. The van der Waals surface area contributed by atoms with Crippen molar-refractivity contribution in [3.8, 4) is 0 Å². The number of aromatic nitrogens is 3. The van der Waals surface area contributed by atoms with Gasteiger partial charge < -0.3 is 9.88 Å². The van der Waals surface area contributed by atoms with Crippen LogP contribution in [-0.2, 0) is 13.6 Å². The molecule has 0 unspecified atom stereocenters. The normalized spacial score (nSPS) is 10.6. The van der Waals surface area contributed by atoms with E-state index in [0.29, 0.717) is 5.82 Å². The topological polar surface area (TPSA) is 42.7 Å². The van der Waals surface area contributed by atoms with Gasteiger partial charge in [0.15, 0.2) is 5.82 Å². The maximum absolute atomic E-state index is 13.3. The molecule has 0 spiro atoms. The third-order valence-corrected chi connectivity index (χ3v) is 2.57. The van der Waals surface area contributed by atoms with E-state index >= 15 is 0 Å². The van der Waals surface area contributed by atoms with E-state index in [-0.39, 0.29) is 12.2 Å². The van der Waals surface area contributed by atoms with Crippen LogP contribution in [0.2, 0.25) is 0 Å². The minimum atomic E-state index is -0.621. The molecule has 17 heavy (non-hydrogen) atoms. The molecule has 0 saturated heterocycles. The lowest BCUT2D eigenvalue weighted by atomic mass is 10.3. The van der Waals surface area contributed by atoms with E-state index in [4.69, 9.17) is 0 Å². The van der Waals surface area contributed by atoms with Gasteiger partial charge in [0, 0.05) is 7.05 Å². The number of nitrogens with zero attached hydrogens (tertiary/aromatic N) is 3. The second kappa shape index (κ2) is 4.48. The summed E-state index contributed by atoms with van der Waals surface area (Å²) in [6, 6.07) is 3.73. The molecule has 1 aromatic carbocycles. The first-order valence-electron chi connectivity index (χ1n) is 5.12. The van der Waals surface area contributed by atoms with Crippen molar-refractivity contribution in [2.45, 2.75) is 13.5 Å². The second-order valence-electron chi connectivity index (χ2n) is 3.67. The largest absolute Gasteiger partial charge is 0.373 e. The fourth-order valence-corrected chi connectivity index (χ4v) is 1.44. The fraction of sp³-hybridized carbons (Fsp3) is 0.273. The van der Waals surface area contributed by atoms with Crippen molar-refractivity contribution in [3.05, 3.63) is 41.5 Å². The van der Waals surface area contributed by atoms with Crippen LogP contribution in [0, 0.1) is 18.6 Å². The third kappa shape index (κ3) is 2.25. The van der Waals surface area contributed by atoms with Crippen LogP contribution in [0.5, 0.6) is 0 Å². The summed E-state index contributed by atoms with van der Waals surface area (Å²) >= 11 is 0. The zero-order valence-corrected chi connectivity index (χ0v) is 9.54. The third-order valence-electron chi connectivity index (χ3n) is 2.57. The average Bonchev–Trinajstić information content (AvgIpc) is 2.60. The van der Waals surface area contributed by atoms with Gasteiger partial charge in [0.1, 0.15) is 23.1 Å². The molecule has 0 aliphatic heterocycles. The van der Waals surface area contributed by atoms with Gasteiger partial charge in [-0.25, -0.2) is 8.78 Å². The van der Waals surface area contributed by atoms with Crippen LogP contribution in [0.3, 0.4) is 0 Å². The Morgan fingerprint density at radius 3 is 2.41 bits per heavy atom. The first-order chi connectivity index (χ1) is 8.09. The monoisotopic (exact) mass is 238 g/mol. The lowest BCUT2D eigenvalue weighted by Crippen LogP contribution is -2.09. The van der Waals surface area contributed by atoms with Crippen LogP contribution in [0.15, 0.2) is 18.2 Å². The highest BCUT2D eigenvalue weighted by Crippen LogP contribution is 2.18. The first-order valence-corrected chi connectivity index (χ1v) is 5.12. The maximum atomic E-state index is 13.3. The van der Waals surface area contributed by atoms with E-state index in [1.165, 1.54) is 18.2 Å². The van der Waals surface area contributed by atoms with Crippen LogP contribution in [0.1, 0.15) is 11.6 Å². The van der Waals surface area contributed by atoms with Crippen LogP contribution < -0.4 is 5.32 Å². The van der Waals surface area contributed by atoms with Crippen molar-refractivity contribution >= 4 is 5.69 Å². The van der Waals surface area contributed by atoms with Gasteiger partial charge in [-0.3, -0.25) is 0 Å². The zero-order chi connectivity index (χ0) is 12.4. The summed E-state index contributed by atoms with van der Waals surface area (Å²) in [4.78, 5) is 0. The molecule has 0 saturated carbocycles. The summed E-state index contributed by atoms with van der Waals surface area (Å²) in [5.74, 6) is 0.119. The number of rotatable bonds is 3. The lowest BCUT2D eigenvalue weighted by Gasteiger charge is -2.08. The highest BCUT2D eigenvalue weighted by Gasteiger charge is 2.10. The maximum Gasteiger partial charge on any atom is 0.152 e. The highest BCUT2D eigenvalue weighted by atomic mass is 19.1. The number of aryl methyl sites for hydroxylation is 1. The second-order valence-corrected chi connectivity index (χ2v) is 3.67. The van der Waals surface area contributed by atoms with Crippen molar-refractivity contribution in [2.75, 3.05) is 5.32 Å². The van der Waals surface area contributed by atoms with E-state index < -0.39 is 11.6 Å². The van der Waals surface area contributed by atoms with Gasteiger partial charge in [0.2, 0.25) is 0 Å². The van der Waals surface area contributed by atoms with E-state index in [1.807, 2.05) is 0 Å². The molecular weight excluding hydrogens is 226 g/mol. The standard InChI is InChI=1S/C11H12F2N4/c1-7-15-16-10(17(7)2)6-14-11-8(12)4-3-5-9(11)13/h3-5,14H,6H2,1-2H3. The Kier molecular flexibility index (Phi) is 3.03. The lowest BCUT2D eigenvalue weighted by molar-refractivity contribution is 0.587. The zero-order valence-electron chi connectivity index (χ0n) is 9.54. The van der Waals surface area contributed by atoms with Crippen molar-refractivity contribution in [2.24, 2.45) is 7.05 Å². The van der Waals surface area contributed by atoms with E-state index in [2.05, 4.69) is 15.5 Å². The number of hydrogen-bond donors (Lipinski definition) is 1. The van der Waals surface area contributed by atoms with Gasteiger partial charge in [-0.1, -0.05) is 6.07 Å². The van der Waals surface area contributed by atoms with Gasteiger partial charge in [-0.2, -0.15) is 0 Å². The number of halogens is 2. The Balaban J connectivity index is 2.15. The van der Waals surface area contributed by atoms with Crippen LogP contribution in [-0.4, -0.2) is 14.8 Å². The number of para-hydroxylation sites is 1. The van der Waals surface area contributed by atoms with E-state index in [1.54, 1.807) is 18.5 Å². The predicted molar refractivity (Wildman–Crippen MR) is 59.4 cm³/mol. The van der Waals surface area contributed by atoms with Gasteiger partial charge in [-0.05, 0) is 19.1 Å². The Hall–Kier alpha value is -1.98. The molecule has 0 atom stereocenters. The number of hydrogen-bond acceptors (Lipinski definition) is 3. The Labute approximate surface area is 97.3 Å². The van der Waals surface area contributed by atoms with Gasteiger partial charge in [-0.15, -0.1) is 10.2 Å². The molecule has 1 aromatic heterocycles. The van der Waals surface area contributed by atoms with Crippen molar-refractivity contribution in [1.29, 1.82) is 0 Å². The number of benzene rings is 1. The Morgan fingerprint density at radius 1 is 1.24 bits per heavy atom. The van der Waals surface area contributed by atoms with Crippen LogP contribution in [0.25, 0.3) is 0 Å². The Morgan fingerprint density at radius 2 is 1.88 bits per heavy atom. The predicted octanol–water partition coefficient (Wildman–Crippen LogP) is 2.01. The number of anilines is 1. The summed E-state index contributed by atoms with van der Waals surface area (Å²) < 4.78 is 28.4. The molecule has 1 N–H and O–H groups in total. The molecule has 0 radical (unpaired) electrons. The molecule has 0 aliphatic rings. The van der Waals surface area contributed by atoms with Gasteiger partial charge in [0.05, 0.1) is 6.54 Å². The molecule has 2 rings (SSSR count). The summed E-state index contributed by atoms with van der Waals surface area (Å²) in [7, 11) is 1.80. The van der Waals surface area contributed by atoms with Gasteiger partial charge in [0.25, 0.3) is 0 Å². The molecule has 6 heteroatoms. The molecule has 90 valence electrons. The SMILES string of the molecule is Cc1nnc(CNc2c(F)cccc2F)n1C. The van der Waals surface area contributed by atoms with Crippen molar-refractivity contribution in [1.82, 2.24) is 14.8 Å². The molecule has 0 fully saturated rings. The first kappa shape index (κ1) is 11.5. The quantitative estimate of drug-likeness (QED) is 0.889. The van der Waals surface area contributed by atoms with Crippen LogP contribution in [0.4, 0.5) is 14.5 Å². The number of nitrogens with one attached hydrogen (secondary N) is 1. The summed E-state index contributed by atoms with van der Waals surface area (Å²) in [6.07, 6.45) is 0. The Bertz CT molecular complexity index is 516. The van der Waals surface area contributed by atoms with Crippen LogP contribution >= 0.6 is 0 Å². The minimum absolute atomic E-state index is 0.145. The molecule has 0 aliphatic carbocycles. The smallest absolute Gasteiger partial charge is 0.152 e. The van der Waals surface area contributed by atoms with Crippen molar-refractivity contribution < 1.29 is 8.78 Å². The molecular formula is C11H12F2N4. The molecule has 1 heterocycles. The molecule has 4 nitrogen and oxygen atoms in total. The van der Waals surface area contributed by atoms with Gasteiger partial charge >= 0.3 is 0 Å². The molecule has 0 amide bonds. The van der Waals surface area contributed by atoms with E-state index in [0.717, 1.165) is 5.82 Å². The summed E-state index contributed by atoms with van der Waals surface area (Å²) in [5.41, 5.74) is -0.145. The summed E-state index contributed by atoms with van der Waals surface area (Å²) in [5, 5.41) is 10.4. The highest BCUT2D eigenvalue weighted by molar-refractivity contribution is 5.45. The average molecular weight is 238 g/mol. The van der Waals surface area contributed by atoms with E-state index in [9.17, 15) is 8.78 Å². The fourth-order valence-electron chi connectivity index (χ4n) is 1.44. The minimum Gasteiger partial charge on any atom is -0.373 e.